The van der Waals surface area contributed by atoms with Crippen LogP contribution >= 0.6 is 0 Å². The number of carbonyl (C=O) groups excluding carboxylic acids is 1. The lowest BCUT2D eigenvalue weighted by Gasteiger charge is -2.29. The summed E-state index contributed by atoms with van der Waals surface area (Å²) in [5.74, 6) is -0.282. The molecule has 0 aromatic carbocycles. The normalized spacial score (nSPS) is 25.1. The molecule has 5 nitrogen and oxygen atoms in total. The molecule has 0 spiro atoms. The molecule has 1 heterocycles. The van der Waals surface area contributed by atoms with Crippen molar-refractivity contribution in [1.82, 2.24) is 4.90 Å². The van der Waals surface area contributed by atoms with Crippen molar-refractivity contribution in [3.05, 3.63) is 0 Å². The van der Waals surface area contributed by atoms with E-state index in [-0.39, 0.29) is 24.3 Å². The molecule has 2 fully saturated rings. The Kier molecular flexibility index (Phi) is 5.02. The van der Waals surface area contributed by atoms with Gasteiger partial charge in [0.05, 0.1) is 6.42 Å². The van der Waals surface area contributed by atoms with Gasteiger partial charge < -0.3 is 15.1 Å². The molecule has 1 saturated carbocycles. The van der Waals surface area contributed by atoms with Gasteiger partial charge in [-0.1, -0.05) is 12.8 Å². The summed E-state index contributed by atoms with van der Waals surface area (Å²) in [6.45, 7) is 1.66. The predicted octanol–water partition coefficient (Wildman–Crippen LogP) is 1.64. The van der Waals surface area contributed by atoms with Crippen molar-refractivity contribution in [1.29, 1.82) is 0 Å². The molecule has 0 aromatic heterocycles. The van der Waals surface area contributed by atoms with Crippen LogP contribution in [0.3, 0.4) is 0 Å². The minimum absolute atomic E-state index is 0.105. The Hall–Kier alpha value is -1.10. The molecule has 1 unspecified atom stereocenters. The Bertz CT molecular complexity index is 363. The first-order valence-corrected chi connectivity index (χ1v) is 7.65. The third kappa shape index (κ3) is 3.72. The Morgan fingerprint density at radius 1 is 1.20 bits per heavy atom. The van der Waals surface area contributed by atoms with E-state index in [0.29, 0.717) is 12.3 Å². The quantitative estimate of drug-likeness (QED) is 0.777. The van der Waals surface area contributed by atoms with Crippen molar-refractivity contribution >= 4 is 11.9 Å². The Labute approximate surface area is 120 Å². The number of hydrogen-bond acceptors (Lipinski definition) is 3. The van der Waals surface area contributed by atoms with Gasteiger partial charge in [0.2, 0.25) is 5.91 Å². The van der Waals surface area contributed by atoms with Gasteiger partial charge in [0.25, 0.3) is 0 Å². The van der Waals surface area contributed by atoms with Crippen molar-refractivity contribution in [3.63, 3.8) is 0 Å². The molecule has 0 bridgehead atoms. The lowest BCUT2D eigenvalue weighted by Crippen LogP contribution is -2.34. The van der Waals surface area contributed by atoms with Gasteiger partial charge in [0, 0.05) is 26.1 Å². The van der Waals surface area contributed by atoms with E-state index in [9.17, 15) is 9.59 Å². The van der Waals surface area contributed by atoms with Gasteiger partial charge in [-0.15, -0.1) is 0 Å². The second-order valence-corrected chi connectivity index (χ2v) is 6.46. The molecule has 1 amide bonds. The van der Waals surface area contributed by atoms with E-state index in [1.165, 1.54) is 0 Å². The van der Waals surface area contributed by atoms with Gasteiger partial charge in [0.15, 0.2) is 0 Å². The average molecular weight is 283 g/mol. The van der Waals surface area contributed by atoms with Gasteiger partial charge in [-0.25, -0.2) is 0 Å². The summed E-state index contributed by atoms with van der Waals surface area (Å²) < 4.78 is 0. The molecular formula is C15H25NO4. The molecule has 1 aliphatic carbocycles. The topological polar surface area (TPSA) is 77.8 Å². The number of carboxylic acids is 1. The van der Waals surface area contributed by atoms with Crippen molar-refractivity contribution in [3.8, 4) is 0 Å². The largest absolute Gasteiger partial charge is 0.481 e. The number of rotatable bonds is 6. The second-order valence-electron chi connectivity index (χ2n) is 6.46. The van der Waals surface area contributed by atoms with Crippen LogP contribution in [0.5, 0.6) is 0 Å². The summed E-state index contributed by atoms with van der Waals surface area (Å²) in [6.07, 6.45) is 6.00. The molecule has 1 aliphatic heterocycles. The second kappa shape index (κ2) is 6.57. The van der Waals surface area contributed by atoms with Crippen LogP contribution < -0.4 is 0 Å². The molecule has 1 saturated heterocycles. The SMILES string of the molecule is O=C(O)CC1(CC(=O)N2CCC(CCO)C2)CCCC1. The van der Waals surface area contributed by atoms with Crippen LogP contribution in [0.2, 0.25) is 0 Å². The van der Waals surface area contributed by atoms with Crippen molar-refractivity contribution in [2.75, 3.05) is 19.7 Å². The smallest absolute Gasteiger partial charge is 0.303 e. The minimum Gasteiger partial charge on any atom is -0.481 e. The maximum Gasteiger partial charge on any atom is 0.303 e. The average Bonchev–Trinajstić information content (AvgIpc) is 2.98. The summed E-state index contributed by atoms with van der Waals surface area (Å²) in [6, 6.07) is 0. The zero-order chi connectivity index (χ0) is 14.6. The number of nitrogens with zero attached hydrogens (tertiary/aromatic N) is 1. The number of likely N-dealkylation sites (tertiary alicyclic amines) is 1. The molecule has 2 N–H and O–H groups in total. The van der Waals surface area contributed by atoms with Crippen LogP contribution in [0.4, 0.5) is 0 Å². The van der Waals surface area contributed by atoms with Crippen molar-refractivity contribution < 1.29 is 19.8 Å². The van der Waals surface area contributed by atoms with Crippen LogP contribution in [0.25, 0.3) is 0 Å². The van der Waals surface area contributed by atoms with Crippen LogP contribution in [0.1, 0.15) is 51.4 Å². The molecule has 0 aromatic rings. The zero-order valence-corrected chi connectivity index (χ0v) is 12.0. The van der Waals surface area contributed by atoms with Crippen LogP contribution in [-0.2, 0) is 9.59 Å². The van der Waals surface area contributed by atoms with Gasteiger partial charge in [0.1, 0.15) is 0 Å². The Morgan fingerprint density at radius 3 is 2.50 bits per heavy atom. The molecule has 5 heteroatoms. The minimum atomic E-state index is -0.792. The van der Waals surface area contributed by atoms with Gasteiger partial charge in [-0.05, 0) is 37.0 Å². The Morgan fingerprint density at radius 2 is 1.90 bits per heavy atom. The summed E-state index contributed by atoms with van der Waals surface area (Å²) in [5, 5.41) is 18.0. The van der Waals surface area contributed by atoms with Crippen LogP contribution in [-0.4, -0.2) is 46.7 Å². The molecule has 0 radical (unpaired) electrons. The van der Waals surface area contributed by atoms with Crippen LogP contribution in [0, 0.1) is 11.3 Å². The predicted molar refractivity (Wildman–Crippen MR) is 74.2 cm³/mol. The molecule has 2 rings (SSSR count). The van der Waals surface area contributed by atoms with E-state index in [0.717, 1.165) is 51.6 Å². The zero-order valence-electron chi connectivity index (χ0n) is 12.0. The highest BCUT2D eigenvalue weighted by atomic mass is 16.4. The monoisotopic (exact) mass is 283 g/mol. The fourth-order valence-electron chi connectivity index (χ4n) is 3.77. The fourth-order valence-corrected chi connectivity index (χ4v) is 3.77. The van der Waals surface area contributed by atoms with Crippen molar-refractivity contribution in [2.24, 2.45) is 11.3 Å². The highest BCUT2D eigenvalue weighted by Gasteiger charge is 2.39. The van der Waals surface area contributed by atoms with Crippen LogP contribution in [0.15, 0.2) is 0 Å². The number of carboxylic acid groups (broad SMARTS) is 1. The van der Waals surface area contributed by atoms with E-state index in [1.54, 1.807) is 0 Å². The summed E-state index contributed by atoms with van der Waals surface area (Å²) in [4.78, 5) is 25.3. The first kappa shape index (κ1) is 15.3. The molecule has 20 heavy (non-hydrogen) atoms. The lowest BCUT2D eigenvalue weighted by molar-refractivity contribution is -0.141. The number of aliphatic hydroxyl groups is 1. The maximum atomic E-state index is 12.4. The van der Waals surface area contributed by atoms with E-state index < -0.39 is 5.97 Å². The highest BCUT2D eigenvalue weighted by Crippen LogP contribution is 2.44. The summed E-state index contributed by atoms with van der Waals surface area (Å²) >= 11 is 0. The standard InChI is InChI=1S/C15H25NO4/c17-8-4-12-3-7-16(11-12)13(18)9-15(10-14(19)20)5-1-2-6-15/h12,17H,1-11H2,(H,19,20). The molecule has 2 aliphatic rings. The number of hydrogen-bond donors (Lipinski definition) is 2. The fraction of sp³-hybridized carbons (Fsp3) is 0.867. The van der Waals surface area contributed by atoms with Gasteiger partial charge >= 0.3 is 5.97 Å². The number of aliphatic hydroxyl groups excluding tert-OH is 1. The van der Waals surface area contributed by atoms with E-state index in [2.05, 4.69) is 0 Å². The van der Waals surface area contributed by atoms with E-state index in [1.807, 2.05) is 4.90 Å². The first-order valence-electron chi connectivity index (χ1n) is 7.65. The van der Waals surface area contributed by atoms with E-state index >= 15 is 0 Å². The van der Waals surface area contributed by atoms with E-state index in [4.69, 9.17) is 10.2 Å². The third-order valence-electron chi connectivity index (χ3n) is 4.89. The number of carbonyl (C=O) groups is 2. The Balaban J connectivity index is 1.91. The number of aliphatic carboxylic acids is 1. The maximum absolute atomic E-state index is 12.4. The summed E-state index contributed by atoms with van der Waals surface area (Å²) in [7, 11) is 0. The first-order chi connectivity index (χ1) is 9.54. The summed E-state index contributed by atoms with van der Waals surface area (Å²) in [5.41, 5.74) is -0.308. The third-order valence-corrected chi connectivity index (χ3v) is 4.89. The lowest BCUT2D eigenvalue weighted by atomic mass is 9.79. The van der Waals surface area contributed by atoms with Gasteiger partial charge in [-0.3, -0.25) is 9.59 Å². The van der Waals surface area contributed by atoms with Gasteiger partial charge in [-0.2, -0.15) is 0 Å². The molecular weight excluding hydrogens is 258 g/mol. The molecule has 1 atom stereocenters. The van der Waals surface area contributed by atoms with Crippen molar-refractivity contribution in [2.45, 2.75) is 51.4 Å². The molecule has 114 valence electrons. The highest BCUT2D eigenvalue weighted by molar-refractivity contribution is 5.78. The number of amides is 1.